The zero-order valence-corrected chi connectivity index (χ0v) is 17.7. The molecule has 1 aliphatic heterocycles. The second kappa shape index (κ2) is 10.4. The molecule has 1 aromatic heterocycles. The van der Waals surface area contributed by atoms with Gasteiger partial charge in [-0.15, -0.1) is 11.3 Å². The van der Waals surface area contributed by atoms with Gasteiger partial charge in [-0.3, -0.25) is 9.89 Å². The Balaban J connectivity index is 1.46. The Labute approximate surface area is 167 Å². The van der Waals surface area contributed by atoms with Crippen LogP contribution in [0.3, 0.4) is 0 Å². The van der Waals surface area contributed by atoms with Crippen molar-refractivity contribution in [1.29, 1.82) is 0 Å². The first-order valence-corrected chi connectivity index (χ1v) is 11.3. The third-order valence-corrected chi connectivity index (χ3v) is 6.83. The first kappa shape index (κ1) is 20.6. The highest BCUT2D eigenvalue weighted by molar-refractivity contribution is 7.09. The minimum atomic E-state index is 0.262. The number of ether oxygens (including phenoxy) is 1. The molecule has 2 heterocycles. The van der Waals surface area contributed by atoms with E-state index in [1.54, 1.807) is 11.3 Å². The van der Waals surface area contributed by atoms with E-state index in [1.165, 1.54) is 37.1 Å². The molecule has 0 atom stereocenters. The monoisotopic (exact) mass is 393 g/mol. The highest BCUT2D eigenvalue weighted by Crippen LogP contribution is 2.33. The van der Waals surface area contributed by atoms with Gasteiger partial charge >= 0.3 is 0 Å². The minimum absolute atomic E-state index is 0.262. The molecular formula is C20H35N5OS. The molecule has 152 valence electrons. The zero-order chi connectivity index (χ0) is 19.0. The molecule has 1 saturated heterocycles. The highest BCUT2D eigenvalue weighted by Gasteiger charge is 2.38. The molecule has 7 heteroatoms. The van der Waals surface area contributed by atoms with Gasteiger partial charge in [0.05, 0.1) is 18.2 Å². The molecule has 0 unspecified atom stereocenters. The predicted molar refractivity (Wildman–Crippen MR) is 113 cm³/mol. The Hall–Kier alpha value is -1.18. The van der Waals surface area contributed by atoms with Gasteiger partial charge in [0.25, 0.3) is 0 Å². The Kier molecular flexibility index (Phi) is 7.91. The molecule has 0 bridgehead atoms. The van der Waals surface area contributed by atoms with E-state index in [9.17, 15) is 0 Å². The number of thiazole rings is 1. The number of nitrogens with zero attached hydrogens (tertiary/aromatic N) is 3. The Morgan fingerprint density at radius 3 is 2.70 bits per heavy atom. The molecular weight excluding hydrogens is 358 g/mol. The fourth-order valence-electron chi connectivity index (χ4n) is 4.29. The van der Waals surface area contributed by atoms with Crippen molar-refractivity contribution in [2.45, 2.75) is 57.4 Å². The van der Waals surface area contributed by atoms with Gasteiger partial charge in [0.2, 0.25) is 0 Å². The first-order valence-electron chi connectivity index (χ1n) is 10.4. The fourth-order valence-corrected chi connectivity index (χ4v) is 5.10. The maximum absolute atomic E-state index is 5.58. The van der Waals surface area contributed by atoms with E-state index in [1.807, 2.05) is 7.05 Å². The van der Waals surface area contributed by atoms with Gasteiger partial charge in [-0.25, -0.2) is 4.98 Å². The largest absolute Gasteiger partial charge is 0.379 e. The summed E-state index contributed by atoms with van der Waals surface area (Å²) in [7, 11) is 1.86. The fraction of sp³-hybridized carbons (Fsp3) is 0.800. The summed E-state index contributed by atoms with van der Waals surface area (Å²) in [6.07, 6.45) is 8.69. The number of guanidine groups is 1. The van der Waals surface area contributed by atoms with E-state index in [4.69, 9.17) is 4.74 Å². The maximum atomic E-state index is 5.58. The lowest BCUT2D eigenvalue weighted by Crippen LogP contribution is -2.60. The maximum Gasteiger partial charge on any atom is 0.191 e. The molecule has 0 amide bonds. The zero-order valence-electron chi connectivity index (χ0n) is 16.9. The van der Waals surface area contributed by atoms with Crippen molar-refractivity contribution in [3.05, 3.63) is 16.1 Å². The molecule has 0 radical (unpaired) electrons. The van der Waals surface area contributed by atoms with E-state index in [-0.39, 0.29) is 5.54 Å². The molecule has 6 nitrogen and oxygen atoms in total. The lowest BCUT2D eigenvalue weighted by Gasteiger charge is -2.48. The summed E-state index contributed by atoms with van der Waals surface area (Å²) in [5.74, 6) is 0.920. The summed E-state index contributed by atoms with van der Waals surface area (Å²) in [4.78, 5) is 11.6. The normalized spacial score (nSPS) is 21.2. The van der Waals surface area contributed by atoms with Crippen LogP contribution in [0.4, 0.5) is 0 Å². The lowest BCUT2D eigenvalue weighted by atomic mass is 9.80. The molecule has 1 aromatic rings. The second-order valence-electron chi connectivity index (χ2n) is 7.72. The van der Waals surface area contributed by atoms with Crippen LogP contribution in [-0.4, -0.2) is 67.8 Å². The average Bonchev–Trinajstić information content (AvgIpc) is 3.14. The predicted octanol–water partition coefficient (Wildman–Crippen LogP) is 2.58. The van der Waals surface area contributed by atoms with Crippen LogP contribution in [0.25, 0.3) is 0 Å². The molecule has 1 aliphatic carbocycles. The summed E-state index contributed by atoms with van der Waals surface area (Å²) in [5, 5.41) is 10.5. The van der Waals surface area contributed by atoms with Crippen LogP contribution < -0.4 is 10.6 Å². The smallest absolute Gasteiger partial charge is 0.191 e. The molecule has 27 heavy (non-hydrogen) atoms. The van der Waals surface area contributed by atoms with Crippen molar-refractivity contribution in [2.24, 2.45) is 4.99 Å². The SMILES string of the molecule is CN=C(NCCCc1nc(C)cs1)NCC1(N2CCOCC2)CCCCC1. The molecule has 0 aromatic carbocycles. The van der Waals surface area contributed by atoms with Crippen molar-refractivity contribution < 1.29 is 4.74 Å². The minimum Gasteiger partial charge on any atom is -0.379 e. The Bertz CT molecular complexity index is 591. The second-order valence-corrected chi connectivity index (χ2v) is 8.67. The number of morpholine rings is 1. The van der Waals surface area contributed by atoms with E-state index < -0.39 is 0 Å². The van der Waals surface area contributed by atoms with Crippen LogP contribution in [0, 0.1) is 6.92 Å². The third kappa shape index (κ3) is 5.90. The number of rotatable bonds is 7. The summed E-state index contributed by atoms with van der Waals surface area (Å²) in [6, 6.07) is 0. The number of aromatic nitrogens is 1. The van der Waals surface area contributed by atoms with Crippen LogP contribution in [0.5, 0.6) is 0 Å². The summed E-state index contributed by atoms with van der Waals surface area (Å²) in [6.45, 7) is 7.79. The molecule has 2 N–H and O–H groups in total. The van der Waals surface area contributed by atoms with Crippen LogP contribution in [-0.2, 0) is 11.2 Å². The van der Waals surface area contributed by atoms with Gasteiger partial charge in [0.15, 0.2) is 5.96 Å². The third-order valence-electron chi connectivity index (χ3n) is 5.80. The number of hydrogen-bond acceptors (Lipinski definition) is 5. The van der Waals surface area contributed by atoms with E-state index in [0.29, 0.717) is 0 Å². The van der Waals surface area contributed by atoms with Crippen LogP contribution in [0.1, 0.15) is 49.2 Å². The van der Waals surface area contributed by atoms with Crippen molar-refractivity contribution in [2.75, 3.05) is 46.4 Å². The van der Waals surface area contributed by atoms with Gasteiger partial charge in [-0.1, -0.05) is 19.3 Å². The quantitative estimate of drug-likeness (QED) is 0.424. The van der Waals surface area contributed by atoms with Crippen molar-refractivity contribution >= 4 is 17.3 Å². The van der Waals surface area contributed by atoms with Crippen molar-refractivity contribution in [1.82, 2.24) is 20.5 Å². The molecule has 3 rings (SSSR count). The Morgan fingerprint density at radius 2 is 2.04 bits per heavy atom. The number of hydrogen-bond donors (Lipinski definition) is 2. The average molecular weight is 394 g/mol. The number of aliphatic imine (C=N–C) groups is 1. The van der Waals surface area contributed by atoms with Crippen LogP contribution in [0.15, 0.2) is 10.4 Å². The van der Waals surface area contributed by atoms with Crippen molar-refractivity contribution in [3.63, 3.8) is 0 Å². The topological polar surface area (TPSA) is 61.8 Å². The van der Waals surface area contributed by atoms with E-state index in [2.05, 4.69) is 37.8 Å². The van der Waals surface area contributed by atoms with Gasteiger partial charge in [0, 0.05) is 56.3 Å². The van der Waals surface area contributed by atoms with Crippen molar-refractivity contribution in [3.8, 4) is 0 Å². The molecule has 1 saturated carbocycles. The molecule has 2 fully saturated rings. The standard InChI is InChI=1S/C20H35N5OS/c1-17-15-27-18(24-17)7-6-10-22-19(21-2)23-16-20(8-4-3-5-9-20)25-11-13-26-14-12-25/h15H,3-14,16H2,1-2H3,(H2,21,22,23). The van der Waals surface area contributed by atoms with Gasteiger partial charge in [0.1, 0.15) is 0 Å². The summed E-state index contributed by atoms with van der Waals surface area (Å²) in [5.41, 5.74) is 1.39. The van der Waals surface area contributed by atoms with Gasteiger partial charge in [-0.2, -0.15) is 0 Å². The summed E-state index contributed by atoms with van der Waals surface area (Å²) < 4.78 is 5.58. The summed E-state index contributed by atoms with van der Waals surface area (Å²) >= 11 is 1.76. The van der Waals surface area contributed by atoms with E-state index >= 15 is 0 Å². The highest BCUT2D eigenvalue weighted by atomic mass is 32.1. The number of nitrogens with one attached hydrogen (secondary N) is 2. The van der Waals surface area contributed by atoms with Gasteiger partial charge < -0.3 is 15.4 Å². The molecule has 2 aliphatic rings. The lowest BCUT2D eigenvalue weighted by molar-refractivity contribution is -0.0352. The first-order chi connectivity index (χ1) is 13.2. The number of aryl methyl sites for hydroxylation is 2. The van der Waals surface area contributed by atoms with E-state index in [0.717, 1.165) is 63.9 Å². The van der Waals surface area contributed by atoms with Crippen LogP contribution >= 0.6 is 11.3 Å². The van der Waals surface area contributed by atoms with Gasteiger partial charge in [-0.05, 0) is 26.2 Å². The van der Waals surface area contributed by atoms with Crippen LogP contribution in [0.2, 0.25) is 0 Å². The Morgan fingerprint density at radius 1 is 1.26 bits per heavy atom. The molecule has 0 spiro atoms.